The molecule has 0 aliphatic carbocycles. The molecule has 168 valence electrons. The Kier molecular flexibility index (Phi) is 14.6. The second kappa shape index (κ2) is 17.4. The lowest BCUT2D eigenvalue weighted by Crippen LogP contribution is -1.94. The summed E-state index contributed by atoms with van der Waals surface area (Å²) in [7, 11) is 0. The summed E-state index contributed by atoms with van der Waals surface area (Å²) < 4.78 is 0. The van der Waals surface area contributed by atoms with E-state index in [1.54, 1.807) is 0 Å². The molecule has 0 bridgehead atoms. The van der Waals surface area contributed by atoms with E-state index >= 15 is 0 Å². The summed E-state index contributed by atoms with van der Waals surface area (Å²) in [5.41, 5.74) is 6.09. The maximum Gasteiger partial charge on any atom is 0.0332 e. The van der Waals surface area contributed by atoms with E-state index in [2.05, 4.69) is 60.4 Å². The normalized spacial score (nSPS) is 13.8. The van der Waals surface area contributed by atoms with E-state index in [0.29, 0.717) is 0 Å². The molecule has 0 N–H and O–H groups in total. The van der Waals surface area contributed by atoms with Gasteiger partial charge in [-0.25, -0.2) is 0 Å². The number of rotatable bonds is 14. The second-order valence-corrected chi connectivity index (χ2v) is 7.47. The van der Waals surface area contributed by atoms with Gasteiger partial charge in [0.05, 0.1) is 0 Å². The van der Waals surface area contributed by atoms with E-state index in [0.717, 1.165) is 37.8 Å². The van der Waals surface area contributed by atoms with Crippen LogP contribution >= 0.6 is 0 Å². The highest BCUT2D eigenvalue weighted by Gasteiger charge is 2.00. The highest BCUT2D eigenvalue weighted by Crippen LogP contribution is 2.15. The van der Waals surface area contributed by atoms with E-state index in [1.165, 1.54) is 22.3 Å². The Hall–Kier alpha value is -3.26. The number of aromatic nitrogens is 1. The first-order chi connectivity index (χ1) is 15.6. The average Bonchev–Trinajstić information content (AvgIpc) is 2.79. The van der Waals surface area contributed by atoms with Crippen molar-refractivity contribution in [2.75, 3.05) is 0 Å². The summed E-state index contributed by atoms with van der Waals surface area (Å²) in [6.45, 7) is 13.7. The molecule has 0 saturated carbocycles. The van der Waals surface area contributed by atoms with Gasteiger partial charge in [0.25, 0.3) is 0 Å². The number of hydrogen-bond donors (Lipinski definition) is 0. The number of unbranched alkanes of at least 4 members (excludes halogenated alkanes) is 1. The molecule has 0 spiro atoms. The number of hydrogen-bond acceptors (Lipinski definition) is 2. The van der Waals surface area contributed by atoms with Crippen LogP contribution in [0, 0.1) is 0 Å². The van der Waals surface area contributed by atoms with Crippen LogP contribution in [0.25, 0.3) is 0 Å². The number of aryl methyl sites for hydroxylation is 1. The quantitative estimate of drug-likeness (QED) is 0.127. The minimum Gasteiger partial charge on any atom is -0.264 e. The van der Waals surface area contributed by atoms with E-state index in [1.807, 2.05) is 75.0 Å². The molecule has 32 heavy (non-hydrogen) atoms. The Balaban J connectivity index is 2.57. The summed E-state index contributed by atoms with van der Waals surface area (Å²) in [5.74, 6) is 0. The molecule has 0 aromatic carbocycles. The van der Waals surface area contributed by atoms with Gasteiger partial charge < -0.3 is 0 Å². The van der Waals surface area contributed by atoms with E-state index in [9.17, 15) is 0 Å². The van der Waals surface area contributed by atoms with Crippen LogP contribution in [-0.4, -0.2) is 11.2 Å². The van der Waals surface area contributed by atoms with Crippen LogP contribution in [0.1, 0.15) is 51.2 Å². The molecular weight excluding hydrogens is 388 g/mol. The molecule has 0 radical (unpaired) electrons. The number of nitrogens with zero attached hydrogens (tertiary/aromatic N) is 2. The van der Waals surface area contributed by atoms with Gasteiger partial charge in [0.15, 0.2) is 0 Å². The van der Waals surface area contributed by atoms with Crippen molar-refractivity contribution >= 4 is 6.21 Å². The van der Waals surface area contributed by atoms with Gasteiger partial charge in [0.2, 0.25) is 0 Å². The lowest BCUT2D eigenvalue weighted by molar-refractivity contribution is 0.824. The molecule has 0 amide bonds. The Morgan fingerprint density at radius 2 is 1.88 bits per heavy atom. The average molecular weight is 427 g/mol. The first kappa shape index (κ1) is 26.8. The molecule has 1 aromatic rings. The lowest BCUT2D eigenvalue weighted by atomic mass is 10.0. The van der Waals surface area contributed by atoms with Gasteiger partial charge >= 0.3 is 0 Å². The largest absolute Gasteiger partial charge is 0.264 e. The van der Waals surface area contributed by atoms with Crippen molar-refractivity contribution in [3.8, 4) is 0 Å². The van der Waals surface area contributed by atoms with Crippen molar-refractivity contribution < 1.29 is 0 Å². The zero-order chi connectivity index (χ0) is 23.4. The topological polar surface area (TPSA) is 25.2 Å². The summed E-state index contributed by atoms with van der Waals surface area (Å²) in [6.07, 6.45) is 33.0. The monoisotopic (exact) mass is 426 g/mol. The van der Waals surface area contributed by atoms with Crippen molar-refractivity contribution in [1.29, 1.82) is 0 Å². The standard InChI is InChI=1S/C30H38N2/c1-6-9-10-11-12-13-19-29-22-23-31-25-30(29)20-15-14-18-27(5)32-24-21-26(4)28(16-7-2)17-8-3/h6-13,16,18,21-25H,2-3,14-15,17,19-20H2,1,4-5H3/b9-6-,11-10-,13-12+,26-21+,27-18+,28-16+,32-24-. The molecule has 0 fully saturated rings. The van der Waals surface area contributed by atoms with Gasteiger partial charge in [-0.1, -0.05) is 67.3 Å². The third-order valence-corrected chi connectivity index (χ3v) is 4.89. The third kappa shape index (κ3) is 11.8. The van der Waals surface area contributed by atoms with Crippen molar-refractivity contribution in [2.45, 2.75) is 52.9 Å². The fourth-order valence-corrected chi connectivity index (χ4v) is 3.08. The summed E-state index contributed by atoms with van der Waals surface area (Å²) in [5, 5.41) is 0. The maximum atomic E-state index is 4.55. The van der Waals surface area contributed by atoms with Gasteiger partial charge in [0, 0.05) is 24.3 Å². The predicted octanol–water partition coefficient (Wildman–Crippen LogP) is 8.24. The van der Waals surface area contributed by atoms with Crippen LogP contribution < -0.4 is 0 Å². The molecular formula is C30H38N2. The first-order valence-electron chi connectivity index (χ1n) is 11.3. The summed E-state index contributed by atoms with van der Waals surface area (Å²) >= 11 is 0. The molecule has 1 heterocycles. The summed E-state index contributed by atoms with van der Waals surface area (Å²) in [4.78, 5) is 8.86. The van der Waals surface area contributed by atoms with Crippen molar-refractivity contribution in [3.05, 3.63) is 126 Å². The molecule has 0 aliphatic heterocycles. The van der Waals surface area contributed by atoms with Crippen molar-refractivity contribution in [3.63, 3.8) is 0 Å². The molecule has 1 rings (SSSR count). The van der Waals surface area contributed by atoms with Crippen LogP contribution in [0.2, 0.25) is 0 Å². The first-order valence-corrected chi connectivity index (χ1v) is 11.3. The molecule has 0 saturated heterocycles. The lowest BCUT2D eigenvalue weighted by Gasteiger charge is -2.06. The van der Waals surface area contributed by atoms with E-state index in [4.69, 9.17) is 0 Å². The van der Waals surface area contributed by atoms with Crippen LogP contribution in [0.5, 0.6) is 0 Å². The van der Waals surface area contributed by atoms with E-state index in [-0.39, 0.29) is 0 Å². The third-order valence-electron chi connectivity index (χ3n) is 4.89. The Labute approximate surface area is 195 Å². The Morgan fingerprint density at radius 1 is 1.06 bits per heavy atom. The predicted molar refractivity (Wildman–Crippen MR) is 143 cm³/mol. The molecule has 2 heteroatoms. The fraction of sp³-hybridized carbons (Fsp3) is 0.267. The Bertz CT molecular complexity index is 918. The minimum atomic E-state index is 0.829. The molecule has 0 aliphatic rings. The maximum absolute atomic E-state index is 4.55. The van der Waals surface area contributed by atoms with Gasteiger partial charge in [-0.05, 0) is 87.3 Å². The minimum absolute atomic E-state index is 0.829. The fourth-order valence-electron chi connectivity index (χ4n) is 3.08. The number of pyridine rings is 1. The SMILES string of the molecule is C=C/C=C(CC=C)/C(C)=C/C=N\C(C)=C\CCCc1cnccc1C/C=C/C=C\C=C/C. The molecule has 0 atom stereocenters. The second-order valence-electron chi connectivity index (χ2n) is 7.47. The molecule has 2 nitrogen and oxygen atoms in total. The highest BCUT2D eigenvalue weighted by atomic mass is 14.7. The van der Waals surface area contributed by atoms with Crippen molar-refractivity contribution in [2.24, 2.45) is 4.99 Å². The van der Waals surface area contributed by atoms with Gasteiger partial charge in [0.1, 0.15) is 0 Å². The van der Waals surface area contributed by atoms with Crippen LogP contribution in [-0.2, 0) is 12.8 Å². The Morgan fingerprint density at radius 3 is 2.62 bits per heavy atom. The van der Waals surface area contributed by atoms with Crippen molar-refractivity contribution in [1.82, 2.24) is 4.98 Å². The molecule has 0 unspecified atom stereocenters. The van der Waals surface area contributed by atoms with Gasteiger partial charge in [-0.3, -0.25) is 9.98 Å². The van der Waals surface area contributed by atoms with Crippen LogP contribution in [0.3, 0.4) is 0 Å². The zero-order valence-corrected chi connectivity index (χ0v) is 20.0. The highest BCUT2D eigenvalue weighted by molar-refractivity contribution is 5.74. The van der Waals surface area contributed by atoms with Crippen LogP contribution in [0.4, 0.5) is 0 Å². The van der Waals surface area contributed by atoms with Gasteiger partial charge in [-0.15, -0.1) is 6.58 Å². The zero-order valence-electron chi connectivity index (χ0n) is 20.0. The molecule has 1 aromatic heterocycles. The van der Waals surface area contributed by atoms with Crippen LogP contribution in [0.15, 0.2) is 120 Å². The smallest absolute Gasteiger partial charge is 0.0332 e. The number of aliphatic imine (C=N–C) groups is 1. The number of allylic oxidation sites excluding steroid dienone is 14. The van der Waals surface area contributed by atoms with E-state index < -0.39 is 0 Å². The van der Waals surface area contributed by atoms with Gasteiger partial charge in [-0.2, -0.15) is 0 Å². The summed E-state index contributed by atoms with van der Waals surface area (Å²) in [6, 6.07) is 2.12.